The molecule has 6 heteroatoms. The second-order valence-corrected chi connectivity index (χ2v) is 3.31. The van der Waals surface area contributed by atoms with E-state index in [0.29, 0.717) is 19.4 Å². The zero-order valence-electron chi connectivity index (χ0n) is 8.86. The number of carboxylic acid groups (broad SMARTS) is 1. The molecule has 0 bridgehead atoms. The number of carboxylic acids is 1. The molecule has 0 aromatic rings. The molecule has 0 aromatic carbocycles. The number of amides is 1. The molecule has 4 N–H and O–H groups in total. The lowest BCUT2D eigenvalue weighted by molar-refractivity contribution is -0.142. The van der Waals surface area contributed by atoms with Gasteiger partial charge in [0.15, 0.2) is 0 Å². The third-order valence-electron chi connectivity index (χ3n) is 1.62. The number of carbonyl (C=O) groups excluding carboxylic acids is 1. The zero-order valence-corrected chi connectivity index (χ0v) is 8.86. The molecular formula is C9H18N2O4. The van der Waals surface area contributed by atoms with Crippen LogP contribution in [-0.4, -0.2) is 42.8 Å². The smallest absolute Gasteiger partial charge is 0.329 e. The second kappa shape index (κ2) is 8.19. The Morgan fingerprint density at radius 1 is 1.53 bits per heavy atom. The van der Waals surface area contributed by atoms with E-state index >= 15 is 0 Å². The van der Waals surface area contributed by atoms with Gasteiger partial charge in [0.05, 0.1) is 6.61 Å². The maximum atomic E-state index is 11.1. The van der Waals surface area contributed by atoms with Gasteiger partial charge in [0.25, 0.3) is 0 Å². The average Bonchev–Trinajstić information content (AvgIpc) is 2.13. The van der Waals surface area contributed by atoms with Crippen LogP contribution < -0.4 is 11.1 Å². The van der Waals surface area contributed by atoms with Crippen LogP contribution in [0.4, 0.5) is 0 Å². The fraction of sp³-hybridized carbons (Fsp3) is 0.778. The van der Waals surface area contributed by atoms with Gasteiger partial charge < -0.3 is 20.9 Å². The molecule has 1 amide bonds. The number of hydrogen-bond donors (Lipinski definition) is 3. The van der Waals surface area contributed by atoms with Crippen molar-refractivity contribution in [2.24, 2.45) is 5.73 Å². The first kappa shape index (κ1) is 13.9. The monoisotopic (exact) mass is 218 g/mol. The predicted molar refractivity (Wildman–Crippen MR) is 54.3 cm³/mol. The van der Waals surface area contributed by atoms with E-state index < -0.39 is 5.97 Å². The van der Waals surface area contributed by atoms with Crippen molar-refractivity contribution in [2.45, 2.75) is 25.8 Å². The molecule has 0 rings (SSSR count). The van der Waals surface area contributed by atoms with Crippen molar-refractivity contribution in [2.75, 3.05) is 19.8 Å². The van der Waals surface area contributed by atoms with Crippen LogP contribution in [0.15, 0.2) is 0 Å². The molecule has 0 saturated heterocycles. The Bertz CT molecular complexity index is 206. The molecule has 0 aliphatic rings. The molecule has 0 heterocycles. The lowest BCUT2D eigenvalue weighted by atomic mass is 10.2. The molecule has 0 aromatic heterocycles. The van der Waals surface area contributed by atoms with Gasteiger partial charge in [-0.2, -0.15) is 0 Å². The van der Waals surface area contributed by atoms with Gasteiger partial charge in [-0.25, -0.2) is 4.79 Å². The first-order chi connectivity index (χ1) is 7.02. The van der Waals surface area contributed by atoms with Crippen molar-refractivity contribution in [1.29, 1.82) is 0 Å². The minimum absolute atomic E-state index is 0.0130. The minimum atomic E-state index is -1.02. The Morgan fingerprint density at radius 3 is 2.73 bits per heavy atom. The first-order valence-corrected chi connectivity index (χ1v) is 4.84. The molecule has 1 atom stereocenters. The van der Waals surface area contributed by atoms with Gasteiger partial charge in [0, 0.05) is 19.0 Å². The summed E-state index contributed by atoms with van der Waals surface area (Å²) in [5, 5.41) is 10.8. The van der Waals surface area contributed by atoms with E-state index in [1.807, 2.05) is 6.92 Å². The second-order valence-electron chi connectivity index (χ2n) is 3.31. The fourth-order valence-electron chi connectivity index (χ4n) is 0.869. The normalized spacial score (nSPS) is 12.1. The van der Waals surface area contributed by atoms with Crippen molar-refractivity contribution < 1.29 is 19.4 Å². The van der Waals surface area contributed by atoms with E-state index in [9.17, 15) is 9.59 Å². The van der Waals surface area contributed by atoms with Crippen molar-refractivity contribution in [3.8, 4) is 0 Å². The summed E-state index contributed by atoms with van der Waals surface area (Å²) in [5.41, 5.74) is 5.48. The van der Waals surface area contributed by atoms with E-state index in [2.05, 4.69) is 5.32 Å². The van der Waals surface area contributed by atoms with Gasteiger partial charge in [0.2, 0.25) is 5.91 Å². The maximum absolute atomic E-state index is 11.1. The Labute approximate surface area is 88.8 Å². The Balaban J connectivity index is 3.28. The molecule has 0 aliphatic heterocycles. The summed E-state index contributed by atoms with van der Waals surface area (Å²) in [5.74, 6) is -1.11. The van der Waals surface area contributed by atoms with Gasteiger partial charge in [-0.15, -0.1) is 0 Å². The van der Waals surface area contributed by atoms with Crippen LogP contribution in [0.2, 0.25) is 0 Å². The largest absolute Gasteiger partial charge is 0.480 e. The molecule has 0 aliphatic carbocycles. The van der Waals surface area contributed by atoms with Gasteiger partial charge >= 0.3 is 5.97 Å². The van der Waals surface area contributed by atoms with Crippen LogP contribution in [0.5, 0.6) is 0 Å². The van der Waals surface area contributed by atoms with Crippen molar-refractivity contribution in [1.82, 2.24) is 5.32 Å². The third-order valence-corrected chi connectivity index (χ3v) is 1.62. The third kappa shape index (κ3) is 10.8. The minimum Gasteiger partial charge on any atom is -0.480 e. The van der Waals surface area contributed by atoms with E-state index in [0.717, 1.165) is 0 Å². The average molecular weight is 218 g/mol. The van der Waals surface area contributed by atoms with E-state index in [1.165, 1.54) is 0 Å². The highest BCUT2D eigenvalue weighted by Gasteiger charge is 2.02. The van der Waals surface area contributed by atoms with Crippen LogP contribution in [-0.2, 0) is 14.3 Å². The summed E-state index contributed by atoms with van der Waals surface area (Å²) in [6, 6.07) is 0.0130. The number of hydrogen-bond acceptors (Lipinski definition) is 4. The Kier molecular flexibility index (Phi) is 7.57. The van der Waals surface area contributed by atoms with E-state index in [4.69, 9.17) is 15.6 Å². The summed E-state index contributed by atoms with van der Waals surface area (Å²) >= 11 is 0. The number of ether oxygens (including phenoxy) is 1. The lowest BCUT2D eigenvalue weighted by Crippen LogP contribution is -2.29. The van der Waals surface area contributed by atoms with E-state index in [1.54, 1.807) is 0 Å². The molecule has 88 valence electrons. The molecule has 6 nitrogen and oxygen atoms in total. The van der Waals surface area contributed by atoms with Gasteiger partial charge in [-0.1, -0.05) is 0 Å². The molecule has 0 saturated carbocycles. The summed E-state index contributed by atoms with van der Waals surface area (Å²) in [6.45, 7) is 2.03. The van der Waals surface area contributed by atoms with Crippen LogP contribution in [0.25, 0.3) is 0 Å². The number of aliphatic carboxylic acids is 1. The summed E-state index contributed by atoms with van der Waals surface area (Å²) in [4.78, 5) is 21.2. The zero-order chi connectivity index (χ0) is 11.7. The first-order valence-electron chi connectivity index (χ1n) is 4.84. The molecule has 0 fully saturated rings. The number of rotatable bonds is 8. The van der Waals surface area contributed by atoms with Crippen LogP contribution in [0.1, 0.15) is 19.8 Å². The number of carbonyl (C=O) groups is 2. The van der Waals surface area contributed by atoms with E-state index in [-0.39, 0.29) is 25.2 Å². The van der Waals surface area contributed by atoms with Crippen LogP contribution in [0, 0.1) is 0 Å². The fourth-order valence-corrected chi connectivity index (χ4v) is 0.869. The van der Waals surface area contributed by atoms with Crippen LogP contribution in [0.3, 0.4) is 0 Å². The predicted octanol–water partition coefficient (Wildman–Crippen LogP) is -0.669. The number of nitrogens with one attached hydrogen (secondary N) is 1. The summed E-state index contributed by atoms with van der Waals surface area (Å²) in [7, 11) is 0. The van der Waals surface area contributed by atoms with Gasteiger partial charge in [0.1, 0.15) is 6.61 Å². The standard InChI is InChI=1S/C9H18N2O4/c1-7(10)2-3-8(12)11-4-5-15-6-9(13)14/h7H,2-6,10H2,1H3,(H,11,12)(H,13,14). The Morgan fingerprint density at radius 2 is 2.20 bits per heavy atom. The Hall–Kier alpha value is -1.14. The van der Waals surface area contributed by atoms with Crippen molar-refractivity contribution >= 4 is 11.9 Å². The van der Waals surface area contributed by atoms with Gasteiger partial charge in [-0.05, 0) is 13.3 Å². The highest BCUT2D eigenvalue weighted by molar-refractivity contribution is 5.75. The van der Waals surface area contributed by atoms with Crippen molar-refractivity contribution in [3.05, 3.63) is 0 Å². The summed E-state index contributed by atoms with van der Waals surface area (Å²) < 4.78 is 4.73. The van der Waals surface area contributed by atoms with Crippen molar-refractivity contribution in [3.63, 3.8) is 0 Å². The highest BCUT2D eigenvalue weighted by Crippen LogP contribution is 1.92. The lowest BCUT2D eigenvalue weighted by Gasteiger charge is -2.06. The maximum Gasteiger partial charge on any atom is 0.329 e. The molecular weight excluding hydrogens is 200 g/mol. The highest BCUT2D eigenvalue weighted by atomic mass is 16.5. The molecule has 15 heavy (non-hydrogen) atoms. The molecule has 1 unspecified atom stereocenters. The van der Waals surface area contributed by atoms with Crippen LogP contribution >= 0.6 is 0 Å². The SMILES string of the molecule is CC(N)CCC(=O)NCCOCC(=O)O. The quantitative estimate of drug-likeness (QED) is 0.469. The number of nitrogens with two attached hydrogens (primary N) is 1. The molecule has 0 spiro atoms. The van der Waals surface area contributed by atoms with Gasteiger partial charge in [-0.3, -0.25) is 4.79 Å². The topological polar surface area (TPSA) is 102 Å². The summed E-state index contributed by atoms with van der Waals surface area (Å²) in [6.07, 6.45) is 1.03. The molecule has 0 radical (unpaired) electrons.